The van der Waals surface area contributed by atoms with Gasteiger partial charge >= 0.3 is 0 Å². The van der Waals surface area contributed by atoms with Crippen molar-refractivity contribution in [2.75, 3.05) is 5.75 Å². The maximum atomic E-state index is 12.3. The van der Waals surface area contributed by atoms with E-state index in [0.717, 1.165) is 5.56 Å². The molecule has 2 N–H and O–H groups in total. The average molecular weight is 410 g/mol. The van der Waals surface area contributed by atoms with Gasteiger partial charge in [0.2, 0.25) is 5.91 Å². The maximum absolute atomic E-state index is 12.3. The van der Waals surface area contributed by atoms with Crippen molar-refractivity contribution in [3.05, 3.63) is 77.6 Å². The van der Waals surface area contributed by atoms with Crippen LogP contribution in [0.2, 0.25) is 0 Å². The monoisotopic (exact) mass is 409 g/mol. The summed E-state index contributed by atoms with van der Waals surface area (Å²) < 4.78 is 1.80. The van der Waals surface area contributed by atoms with Crippen molar-refractivity contribution in [1.82, 2.24) is 25.4 Å². The molecule has 0 fully saturated rings. The molecule has 0 spiro atoms. The molecule has 0 aliphatic carbocycles. The quantitative estimate of drug-likeness (QED) is 0.559. The Morgan fingerprint density at radius 3 is 2.38 bits per heavy atom. The number of benzene rings is 2. The number of carbonyl (C=O) groups is 2. The summed E-state index contributed by atoms with van der Waals surface area (Å²) in [5.74, 6) is 0.620. The normalized spacial score (nSPS) is 11.7. The van der Waals surface area contributed by atoms with Crippen LogP contribution in [0.15, 0.2) is 65.8 Å². The molecule has 2 amide bonds. The summed E-state index contributed by atoms with van der Waals surface area (Å²) in [6.07, 6.45) is 0. The molecule has 8 heteroatoms. The van der Waals surface area contributed by atoms with E-state index in [-0.39, 0.29) is 23.6 Å². The molecule has 3 aromatic rings. The lowest BCUT2D eigenvalue weighted by atomic mass is 10.2. The van der Waals surface area contributed by atoms with Crippen molar-refractivity contribution >= 4 is 23.6 Å². The standard InChI is InChI=1S/C21H23N5O2S/c1-15(23-20(28)17-11-7-4-8-12-17)19-24-25-21(26(19)2)29-14-18(27)22-13-16-9-5-3-6-10-16/h3-12,15H,13-14H2,1-2H3,(H,22,27)(H,23,28)/t15-/m1/s1. The summed E-state index contributed by atoms with van der Waals surface area (Å²) in [5.41, 5.74) is 1.64. The molecule has 0 saturated heterocycles. The minimum atomic E-state index is -0.318. The second-order valence-corrected chi connectivity index (χ2v) is 7.45. The van der Waals surface area contributed by atoms with Crippen LogP contribution < -0.4 is 10.6 Å². The van der Waals surface area contributed by atoms with Gasteiger partial charge in [0.25, 0.3) is 5.91 Å². The zero-order valence-corrected chi connectivity index (χ0v) is 17.1. The summed E-state index contributed by atoms with van der Waals surface area (Å²) in [6.45, 7) is 2.35. The van der Waals surface area contributed by atoms with Crippen LogP contribution in [0.3, 0.4) is 0 Å². The first-order chi connectivity index (χ1) is 14.0. The molecular formula is C21H23N5O2S. The van der Waals surface area contributed by atoms with Gasteiger partial charge in [-0.25, -0.2) is 0 Å². The Hall–Kier alpha value is -3.13. The number of carbonyl (C=O) groups excluding carboxylic acids is 2. The van der Waals surface area contributed by atoms with Gasteiger partial charge in [0, 0.05) is 19.2 Å². The molecule has 150 valence electrons. The number of amides is 2. The Kier molecular flexibility index (Phi) is 7.02. The van der Waals surface area contributed by atoms with Crippen LogP contribution >= 0.6 is 11.8 Å². The van der Waals surface area contributed by atoms with Gasteiger partial charge in [0.15, 0.2) is 11.0 Å². The number of thioether (sulfide) groups is 1. The zero-order chi connectivity index (χ0) is 20.6. The minimum absolute atomic E-state index is 0.0752. The van der Waals surface area contributed by atoms with Crippen LogP contribution in [0.4, 0.5) is 0 Å². The van der Waals surface area contributed by atoms with Crippen molar-refractivity contribution in [3.8, 4) is 0 Å². The second kappa shape index (κ2) is 9.88. The fourth-order valence-corrected chi connectivity index (χ4v) is 3.49. The second-order valence-electron chi connectivity index (χ2n) is 6.51. The Labute approximate surface area is 173 Å². The van der Waals surface area contributed by atoms with Crippen molar-refractivity contribution < 1.29 is 9.59 Å². The highest BCUT2D eigenvalue weighted by atomic mass is 32.2. The number of aromatic nitrogens is 3. The van der Waals surface area contributed by atoms with E-state index < -0.39 is 0 Å². The van der Waals surface area contributed by atoms with Gasteiger partial charge in [-0.05, 0) is 24.6 Å². The number of nitrogens with zero attached hydrogens (tertiary/aromatic N) is 3. The van der Waals surface area contributed by atoms with Crippen molar-refractivity contribution in [1.29, 1.82) is 0 Å². The van der Waals surface area contributed by atoms with Crippen molar-refractivity contribution in [2.45, 2.75) is 24.7 Å². The SMILES string of the molecule is C[C@@H](NC(=O)c1ccccc1)c1nnc(SCC(=O)NCc2ccccc2)n1C. The third-order valence-electron chi connectivity index (χ3n) is 4.30. The average Bonchev–Trinajstić information content (AvgIpc) is 3.12. The van der Waals surface area contributed by atoms with Crippen LogP contribution in [-0.4, -0.2) is 32.3 Å². The van der Waals surface area contributed by atoms with Crippen molar-refractivity contribution in [3.63, 3.8) is 0 Å². The lowest BCUT2D eigenvalue weighted by Crippen LogP contribution is -2.28. The Morgan fingerprint density at radius 1 is 1.03 bits per heavy atom. The Balaban J connectivity index is 1.52. The summed E-state index contributed by atoms with van der Waals surface area (Å²) >= 11 is 1.31. The molecule has 2 aromatic carbocycles. The molecule has 3 rings (SSSR count). The molecule has 29 heavy (non-hydrogen) atoms. The predicted octanol–water partition coefficient (Wildman–Crippen LogP) is 2.71. The highest BCUT2D eigenvalue weighted by Crippen LogP contribution is 2.19. The van der Waals surface area contributed by atoms with E-state index in [1.165, 1.54) is 11.8 Å². The fourth-order valence-electron chi connectivity index (χ4n) is 2.74. The first-order valence-electron chi connectivity index (χ1n) is 9.23. The molecule has 0 unspecified atom stereocenters. The Bertz CT molecular complexity index is 960. The van der Waals surface area contributed by atoms with Crippen LogP contribution in [0.5, 0.6) is 0 Å². The van der Waals surface area contributed by atoms with Crippen LogP contribution in [-0.2, 0) is 18.4 Å². The molecule has 0 aliphatic heterocycles. The molecule has 1 aromatic heterocycles. The lowest BCUT2D eigenvalue weighted by Gasteiger charge is -2.13. The van der Waals surface area contributed by atoms with Gasteiger partial charge in [0.05, 0.1) is 11.8 Å². The van der Waals surface area contributed by atoms with Crippen LogP contribution in [0, 0.1) is 0 Å². The molecule has 0 aliphatic rings. The molecule has 7 nitrogen and oxygen atoms in total. The van der Waals surface area contributed by atoms with E-state index in [9.17, 15) is 9.59 Å². The lowest BCUT2D eigenvalue weighted by molar-refractivity contribution is -0.118. The highest BCUT2D eigenvalue weighted by molar-refractivity contribution is 7.99. The first kappa shape index (κ1) is 20.6. The summed E-state index contributed by atoms with van der Waals surface area (Å²) in [6, 6.07) is 18.5. The van der Waals surface area contributed by atoms with Crippen molar-refractivity contribution in [2.24, 2.45) is 7.05 Å². The first-order valence-corrected chi connectivity index (χ1v) is 10.2. The largest absolute Gasteiger partial charge is 0.351 e. The smallest absolute Gasteiger partial charge is 0.251 e. The van der Waals surface area contributed by atoms with Gasteiger partial charge in [-0.15, -0.1) is 10.2 Å². The number of hydrogen-bond donors (Lipinski definition) is 2. The third-order valence-corrected chi connectivity index (χ3v) is 5.32. The van der Waals surface area contributed by atoms with Gasteiger partial charge in [-0.1, -0.05) is 60.3 Å². The topological polar surface area (TPSA) is 88.9 Å². The van der Waals surface area contributed by atoms with Crippen LogP contribution in [0.1, 0.15) is 34.7 Å². The number of rotatable bonds is 8. The summed E-state index contributed by atoms with van der Waals surface area (Å²) in [5, 5.41) is 14.8. The zero-order valence-electron chi connectivity index (χ0n) is 16.3. The predicted molar refractivity (Wildman–Crippen MR) is 112 cm³/mol. The number of hydrogen-bond acceptors (Lipinski definition) is 5. The molecule has 0 bridgehead atoms. The van der Waals surface area contributed by atoms with Gasteiger partial charge in [-0.3, -0.25) is 9.59 Å². The minimum Gasteiger partial charge on any atom is -0.351 e. The molecular weight excluding hydrogens is 386 g/mol. The molecule has 0 radical (unpaired) electrons. The number of nitrogens with one attached hydrogen (secondary N) is 2. The van der Waals surface area contributed by atoms with Gasteiger partial charge < -0.3 is 15.2 Å². The Morgan fingerprint density at radius 2 is 1.69 bits per heavy atom. The van der Waals surface area contributed by atoms with E-state index in [2.05, 4.69) is 20.8 Å². The summed E-state index contributed by atoms with van der Waals surface area (Å²) in [7, 11) is 1.82. The fraction of sp³-hybridized carbons (Fsp3) is 0.238. The molecule has 1 atom stereocenters. The third kappa shape index (κ3) is 5.68. The molecule has 1 heterocycles. The van der Waals surface area contributed by atoms with E-state index in [4.69, 9.17) is 0 Å². The van der Waals surface area contributed by atoms with E-state index >= 15 is 0 Å². The van der Waals surface area contributed by atoms with Crippen LogP contribution in [0.25, 0.3) is 0 Å². The molecule has 0 saturated carbocycles. The van der Waals surface area contributed by atoms with Gasteiger partial charge in [0.1, 0.15) is 0 Å². The van der Waals surface area contributed by atoms with E-state index in [0.29, 0.717) is 23.1 Å². The summed E-state index contributed by atoms with van der Waals surface area (Å²) in [4.78, 5) is 24.4. The van der Waals surface area contributed by atoms with E-state index in [1.54, 1.807) is 16.7 Å². The van der Waals surface area contributed by atoms with Gasteiger partial charge in [-0.2, -0.15) is 0 Å². The highest BCUT2D eigenvalue weighted by Gasteiger charge is 2.18. The maximum Gasteiger partial charge on any atom is 0.251 e. The van der Waals surface area contributed by atoms with E-state index in [1.807, 2.05) is 62.5 Å².